The number of aromatic nitrogens is 1. The second-order valence-corrected chi connectivity index (χ2v) is 10.3. The van der Waals surface area contributed by atoms with E-state index in [1.54, 1.807) is 60.9 Å². The number of amides is 2. The lowest BCUT2D eigenvalue weighted by atomic mass is 10.2. The molecule has 1 aliphatic rings. The second-order valence-electron chi connectivity index (χ2n) is 7.49. The van der Waals surface area contributed by atoms with E-state index < -0.39 is 27.9 Å². The summed E-state index contributed by atoms with van der Waals surface area (Å²) in [6, 6.07) is 15.4. The number of carbonyl (C=O) groups excluding carboxylic acids is 2. The van der Waals surface area contributed by atoms with Crippen molar-refractivity contribution in [2.75, 3.05) is 4.90 Å². The van der Waals surface area contributed by atoms with Gasteiger partial charge in [-0.3, -0.25) is 14.6 Å². The van der Waals surface area contributed by atoms with Crippen LogP contribution in [-0.4, -0.2) is 35.6 Å². The van der Waals surface area contributed by atoms with Crippen LogP contribution in [0.3, 0.4) is 0 Å². The molecule has 2 amide bonds. The average Bonchev–Trinajstić information content (AvgIpc) is 3.07. The molecule has 0 bridgehead atoms. The summed E-state index contributed by atoms with van der Waals surface area (Å²) in [5, 5.41) is 0. The summed E-state index contributed by atoms with van der Waals surface area (Å²) in [5.74, 6) is -1.01. The topological polar surface area (TPSA) is 87.7 Å². The van der Waals surface area contributed by atoms with Crippen LogP contribution in [0.5, 0.6) is 0 Å². The lowest BCUT2D eigenvalue weighted by Crippen LogP contribution is -2.45. The first-order valence-electron chi connectivity index (χ1n) is 9.87. The lowest BCUT2D eigenvalue weighted by molar-refractivity contribution is -0.122. The van der Waals surface area contributed by atoms with Crippen molar-refractivity contribution < 1.29 is 18.0 Å². The van der Waals surface area contributed by atoms with Crippen LogP contribution in [0.2, 0.25) is 0 Å². The van der Waals surface area contributed by atoms with Crippen LogP contribution in [0.1, 0.15) is 17.5 Å². The van der Waals surface area contributed by atoms with Crippen LogP contribution in [0.25, 0.3) is 0 Å². The van der Waals surface area contributed by atoms with Gasteiger partial charge in [-0.05, 0) is 55.0 Å². The third-order valence-corrected chi connectivity index (χ3v) is 7.64. The summed E-state index contributed by atoms with van der Waals surface area (Å²) in [4.78, 5) is 31.3. The number of imide groups is 1. The zero-order valence-corrected chi connectivity index (χ0v) is 19.6. The van der Waals surface area contributed by atoms with Gasteiger partial charge in [0.2, 0.25) is 15.9 Å². The Balaban J connectivity index is 1.74. The third kappa shape index (κ3) is 4.36. The number of sulfonamides is 1. The Hall–Kier alpha value is -2.88. The molecule has 0 radical (unpaired) electrons. The van der Waals surface area contributed by atoms with Gasteiger partial charge in [-0.1, -0.05) is 39.7 Å². The van der Waals surface area contributed by atoms with Gasteiger partial charge in [0.15, 0.2) is 0 Å². The van der Waals surface area contributed by atoms with Crippen molar-refractivity contribution in [3.63, 3.8) is 0 Å². The molecule has 1 unspecified atom stereocenters. The molecule has 2 aromatic carbocycles. The summed E-state index contributed by atoms with van der Waals surface area (Å²) in [6.07, 6.45) is 2.90. The zero-order valence-electron chi connectivity index (χ0n) is 17.2. The maximum absolute atomic E-state index is 13.6. The number of pyridine rings is 1. The van der Waals surface area contributed by atoms with Crippen LogP contribution in [0.4, 0.5) is 5.69 Å². The minimum Gasteiger partial charge on any atom is -0.274 e. The van der Waals surface area contributed by atoms with E-state index in [0.29, 0.717) is 11.3 Å². The predicted octanol–water partition coefficient (Wildman–Crippen LogP) is 3.68. The van der Waals surface area contributed by atoms with Gasteiger partial charge < -0.3 is 0 Å². The van der Waals surface area contributed by atoms with Gasteiger partial charge in [0.1, 0.15) is 6.04 Å². The van der Waals surface area contributed by atoms with E-state index in [0.717, 1.165) is 19.2 Å². The Labute approximate surface area is 194 Å². The van der Waals surface area contributed by atoms with Gasteiger partial charge in [-0.15, -0.1) is 0 Å². The molecular formula is C23H20BrN3O4S. The molecule has 2 heterocycles. The van der Waals surface area contributed by atoms with Gasteiger partial charge in [-0.25, -0.2) is 13.3 Å². The van der Waals surface area contributed by atoms with Gasteiger partial charge >= 0.3 is 0 Å². The first kappa shape index (κ1) is 22.3. The van der Waals surface area contributed by atoms with Crippen LogP contribution >= 0.6 is 15.9 Å². The SMILES string of the molecule is Cc1ccc(N2C(=O)CC(N(Cc3cccnc3)S(=O)(=O)c3ccc(Br)cc3)C2=O)cc1. The van der Waals surface area contributed by atoms with Crippen molar-refractivity contribution in [1.29, 1.82) is 0 Å². The Morgan fingerprint density at radius 2 is 1.75 bits per heavy atom. The Morgan fingerprint density at radius 1 is 1.06 bits per heavy atom. The fourth-order valence-electron chi connectivity index (χ4n) is 3.58. The van der Waals surface area contributed by atoms with Crippen molar-refractivity contribution in [1.82, 2.24) is 9.29 Å². The maximum Gasteiger partial charge on any atom is 0.252 e. The van der Waals surface area contributed by atoms with E-state index in [2.05, 4.69) is 20.9 Å². The quantitative estimate of drug-likeness (QED) is 0.469. The van der Waals surface area contributed by atoms with E-state index in [9.17, 15) is 18.0 Å². The largest absolute Gasteiger partial charge is 0.274 e. The lowest BCUT2D eigenvalue weighted by Gasteiger charge is -2.27. The number of benzene rings is 2. The third-order valence-electron chi connectivity index (χ3n) is 5.24. The molecule has 0 spiro atoms. The maximum atomic E-state index is 13.6. The summed E-state index contributed by atoms with van der Waals surface area (Å²) in [7, 11) is -4.08. The average molecular weight is 514 g/mol. The molecule has 7 nitrogen and oxygen atoms in total. The number of carbonyl (C=O) groups is 2. The van der Waals surface area contributed by atoms with E-state index in [4.69, 9.17) is 0 Å². The number of halogens is 1. The fraction of sp³-hybridized carbons (Fsp3) is 0.174. The Kier molecular flexibility index (Phi) is 6.23. The molecule has 0 N–H and O–H groups in total. The highest BCUT2D eigenvalue weighted by Gasteiger charge is 2.47. The van der Waals surface area contributed by atoms with Crippen molar-refractivity contribution in [3.8, 4) is 0 Å². The van der Waals surface area contributed by atoms with E-state index in [-0.39, 0.29) is 17.9 Å². The van der Waals surface area contributed by atoms with Crippen LogP contribution < -0.4 is 4.90 Å². The number of anilines is 1. The number of rotatable bonds is 6. The molecule has 3 aromatic rings. The number of aryl methyl sites for hydroxylation is 1. The smallest absolute Gasteiger partial charge is 0.252 e. The normalized spacial score (nSPS) is 16.7. The van der Waals surface area contributed by atoms with Crippen LogP contribution in [-0.2, 0) is 26.2 Å². The van der Waals surface area contributed by atoms with Crippen LogP contribution in [0.15, 0.2) is 82.4 Å². The molecule has 164 valence electrons. The van der Waals surface area contributed by atoms with Crippen molar-refractivity contribution in [2.24, 2.45) is 0 Å². The fourth-order valence-corrected chi connectivity index (χ4v) is 5.42. The monoisotopic (exact) mass is 513 g/mol. The molecule has 1 aromatic heterocycles. The summed E-state index contributed by atoms with van der Waals surface area (Å²) in [6.45, 7) is 1.82. The first-order valence-corrected chi connectivity index (χ1v) is 12.1. The van der Waals surface area contributed by atoms with Gasteiger partial charge in [0, 0.05) is 23.4 Å². The van der Waals surface area contributed by atoms with Crippen LogP contribution in [0, 0.1) is 6.92 Å². The van der Waals surface area contributed by atoms with Gasteiger partial charge in [0.05, 0.1) is 17.0 Å². The highest BCUT2D eigenvalue weighted by molar-refractivity contribution is 9.10. The molecule has 1 aliphatic heterocycles. The highest BCUT2D eigenvalue weighted by Crippen LogP contribution is 2.31. The minimum atomic E-state index is -4.08. The van der Waals surface area contributed by atoms with E-state index in [1.165, 1.54) is 12.1 Å². The van der Waals surface area contributed by atoms with Crippen molar-refractivity contribution >= 4 is 43.5 Å². The predicted molar refractivity (Wildman–Crippen MR) is 123 cm³/mol. The number of hydrogen-bond donors (Lipinski definition) is 0. The molecule has 1 atom stereocenters. The van der Waals surface area contributed by atoms with Crippen molar-refractivity contribution in [2.45, 2.75) is 30.8 Å². The van der Waals surface area contributed by atoms with E-state index in [1.807, 2.05) is 6.92 Å². The van der Waals surface area contributed by atoms with E-state index >= 15 is 0 Å². The van der Waals surface area contributed by atoms with Crippen molar-refractivity contribution in [3.05, 3.63) is 88.7 Å². The standard InChI is InChI=1S/C23H20BrN3O4S/c1-16-4-8-19(9-5-16)27-22(28)13-21(23(27)29)26(15-17-3-2-12-25-14-17)32(30,31)20-10-6-18(24)7-11-20/h2-12,14,21H,13,15H2,1H3. The molecule has 1 fully saturated rings. The Morgan fingerprint density at radius 3 is 2.38 bits per heavy atom. The Bertz CT molecular complexity index is 1250. The summed E-state index contributed by atoms with van der Waals surface area (Å²) >= 11 is 3.30. The molecular weight excluding hydrogens is 494 g/mol. The molecule has 9 heteroatoms. The molecule has 4 rings (SSSR count). The van der Waals surface area contributed by atoms with Gasteiger partial charge in [-0.2, -0.15) is 4.31 Å². The number of hydrogen-bond acceptors (Lipinski definition) is 5. The highest BCUT2D eigenvalue weighted by atomic mass is 79.9. The number of nitrogens with zero attached hydrogens (tertiary/aromatic N) is 3. The molecule has 1 saturated heterocycles. The first-order chi connectivity index (χ1) is 15.3. The molecule has 0 aliphatic carbocycles. The second kappa shape index (κ2) is 8.93. The summed E-state index contributed by atoms with van der Waals surface area (Å²) < 4.78 is 29.0. The summed E-state index contributed by atoms with van der Waals surface area (Å²) in [5.41, 5.74) is 2.03. The minimum absolute atomic E-state index is 0.0404. The molecule has 0 saturated carbocycles. The zero-order chi connectivity index (χ0) is 22.9. The van der Waals surface area contributed by atoms with Gasteiger partial charge in [0.25, 0.3) is 5.91 Å². The molecule has 32 heavy (non-hydrogen) atoms.